The minimum atomic E-state index is -4.58. The summed E-state index contributed by atoms with van der Waals surface area (Å²) in [7, 11) is 1.75. The number of hydrogen-bond acceptors (Lipinski definition) is 5. The van der Waals surface area contributed by atoms with Crippen LogP contribution in [0.4, 0.5) is 29.1 Å². The van der Waals surface area contributed by atoms with Crippen molar-refractivity contribution >= 4 is 23.1 Å². The lowest BCUT2D eigenvalue weighted by Crippen LogP contribution is -2.14. The number of amides is 1. The van der Waals surface area contributed by atoms with Gasteiger partial charge in [-0.3, -0.25) is 4.79 Å². The minimum absolute atomic E-state index is 0.117. The first-order valence-electron chi connectivity index (χ1n) is 11.4. The third-order valence-electron chi connectivity index (χ3n) is 5.95. The SMILES string of the molecule is CNc1ccnn2c(-c3ccnc(NC(=O)c4cccc(C(F)(F)F)c4)c3)c(-c3ccc(F)c(C)c3)nc12. The summed E-state index contributed by atoms with van der Waals surface area (Å²) in [5, 5.41) is 10.1. The maximum Gasteiger partial charge on any atom is 0.416 e. The van der Waals surface area contributed by atoms with Crippen LogP contribution in [0.2, 0.25) is 0 Å². The number of aryl methyl sites for hydroxylation is 1. The number of anilines is 2. The van der Waals surface area contributed by atoms with Gasteiger partial charge in [-0.1, -0.05) is 6.07 Å². The number of nitrogens with zero attached hydrogens (tertiary/aromatic N) is 4. The molecule has 0 radical (unpaired) electrons. The van der Waals surface area contributed by atoms with Gasteiger partial charge in [0.15, 0.2) is 5.65 Å². The number of carbonyl (C=O) groups excluding carboxylic acids is 1. The summed E-state index contributed by atoms with van der Waals surface area (Å²) >= 11 is 0. The summed E-state index contributed by atoms with van der Waals surface area (Å²) < 4.78 is 54.9. The second-order valence-corrected chi connectivity index (χ2v) is 8.47. The first-order valence-corrected chi connectivity index (χ1v) is 11.4. The quantitative estimate of drug-likeness (QED) is 0.269. The van der Waals surface area contributed by atoms with Gasteiger partial charge >= 0.3 is 6.18 Å². The highest BCUT2D eigenvalue weighted by Crippen LogP contribution is 2.35. The van der Waals surface area contributed by atoms with Gasteiger partial charge in [0.05, 0.1) is 23.1 Å². The zero-order valence-corrected chi connectivity index (χ0v) is 20.1. The van der Waals surface area contributed by atoms with Crippen molar-refractivity contribution in [3.8, 4) is 22.5 Å². The molecule has 7 nitrogen and oxygen atoms in total. The van der Waals surface area contributed by atoms with Gasteiger partial charge in [-0.15, -0.1) is 0 Å². The molecule has 0 bridgehead atoms. The molecule has 0 spiro atoms. The fourth-order valence-electron chi connectivity index (χ4n) is 4.07. The van der Waals surface area contributed by atoms with Crippen LogP contribution in [0.25, 0.3) is 28.2 Å². The third-order valence-corrected chi connectivity index (χ3v) is 5.95. The fourth-order valence-corrected chi connectivity index (χ4v) is 4.07. The number of rotatable bonds is 5. The third kappa shape index (κ3) is 4.65. The molecule has 0 unspecified atom stereocenters. The summed E-state index contributed by atoms with van der Waals surface area (Å²) in [6, 6.07) is 13.8. The predicted octanol–water partition coefficient (Wildman–Crippen LogP) is 6.22. The zero-order valence-electron chi connectivity index (χ0n) is 20.1. The molecule has 5 rings (SSSR count). The molecule has 11 heteroatoms. The van der Waals surface area contributed by atoms with E-state index < -0.39 is 17.6 Å². The van der Waals surface area contributed by atoms with E-state index in [4.69, 9.17) is 4.98 Å². The van der Waals surface area contributed by atoms with E-state index in [9.17, 15) is 22.4 Å². The molecule has 0 aliphatic rings. The van der Waals surface area contributed by atoms with Gasteiger partial charge in [-0.2, -0.15) is 18.3 Å². The molecule has 0 saturated heterocycles. The molecule has 192 valence electrons. The van der Waals surface area contributed by atoms with Crippen molar-refractivity contribution < 1.29 is 22.4 Å². The molecule has 1 amide bonds. The number of pyridine rings is 1. The Morgan fingerprint density at radius 3 is 2.53 bits per heavy atom. The molecule has 0 aliphatic carbocycles. The van der Waals surface area contributed by atoms with Gasteiger partial charge in [-0.25, -0.2) is 18.9 Å². The molecule has 38 heavy (non-hydrogen) atoms. The van der Waals surface area contributed by atoms with E-state index in [0.717, 1.165) is 12.1 Å². The highest BCUT2D eigenvalue weighted by molar-refractivity contribution is 6.04. The first kappa shape index (κ1) is 24.9. The predicted molar refractivity (Wildman–Crippen MR) is 135 cm³/mol. The van der Waals surface area contributed by atoms with Crippen molar-refractivity contribution in [2.24, 2.45) is 0 Å². The number of alkyl halides is 3. The molecular formula is C27H20F4N6O. The number of carbonyl (C=O) groups is 1. The van der Waals surface area contributed by atoms with Crippen LogP contribution in [0.1, 0.15) is 21.5 Å². The van der Waals surface area contributed by atoms with E-state index in [-0.39, 0.29) is 17.2 Å². The lowest BCUT2D eigenvalue weighted by atomic mass is 10.0. The van der Waals surface area contributed by atoms with Gasteiger partial charge < -0.3 is 10.6 Å². The van der Waals surface area contributed by atoms with Gasteiger partial charge in [0, 0.05) is 29.9 Å². The Kier molecular flexibility index (Phi) is 6.27. The molecule has 3 heterocycles. The average molecular weight is 520 g/mol. The largest absolute Gasteiger partial charge is 0.416 e. The van der Waals surface area contributed by atoms with Crippen molar-refractivity contribution in [3.63, 3.8) is 0 Å². The number of aromatic nitrogens is 4. The summed E-state index contributed by atoms with van der Waals surface area (Å²) in [5.41, 5.74) is 2.88. The highest BCUT2D eigenvalue weighted by atomic mass is 19.4. The topological polar surface area (TPSA) is 84.2 Å². The Bertz CT molecular complexity index is 1680. The summed E-state index contributed by atoms with van der Waals surface area (Å²) in [4.78, 5) is 21.7. The van der Waals surface area contributed by atoms with Crippen LogP contribution in [0, 0.1) is 12.7 Å². The summed E-state index contributed by atoms with van der Waals surface area (Å²) in [6.45, 7) is 1.65. The molecule has 5 aromatic rings. The number of imidazole rings is 1. The van der Waals surface area contributed by atoms with Crippen molar-refractivity contribution in [2.45, 2.75) is 13.1 Å². The molecule has 0 saturated carbocycles. The van der Waals surface area contributed by atoms with Crippen LogP contribution in [-0.4, -0.2) is 32.5 Å². The second-order valence-electron chi connectivity index (χ2n) is 8.47. The molecule has 3 aromatic heterocycles. The van der Waals surface area contributed by atoms with E-state index in [2.05, 4.69) is 20.7 Å². The van der Waals surface area contributed by atoms with Crippen molar-refractivity contribution in [2.75, 3.05) is 17.7 Å². The smallest absolute Gasteiger partial charge is 0.385 e. The Balaban J connectivity index is 1.59. The first-order chi connectivity index (χ1) is 18.2. The van der Waals surface area contributed by atoms with Crippen molar-refractivity contribution in [1.82, 2.24) is 19.6 Å². The number of fused-ring (bicyclic) bond motifs is 1. The van der Waals surface area contributed by atoms with Gasteiger partial charge in [0.25, 0.3) is 5.91 Å². The summed E-state index contributed by atoms with van der Waals surface area (Å²) in [6.07, 6.45) is -1.52. The normalized spacial score (nSPS) is 11.5. The van der Waals surface area contributed by atoms with Gasteiger partial charge in [-0.05, 0) is 67.1 Å². The molecule has 2 aromatic carbocycles. The molecule has 2 N–H and O–H groups in total. The second kappa shape index (κ2) is 9.58. The maximum atomic E-state index is 14.0. The lowest BCUT2D eigenvalue weighted by molar-refractivity contribution is -0.137. The van der Waals surface area contributed by atoms with Crippen LogP contribution in [-0.2, 0) is 6.18 Å². The fraction of sp³-hybridized carbons (Fsp3) is 0.111. The Hall–Kier alpha value is -4.80. The maximum absolute atomic E-state index is 14.0. The van der Waals surface area contributed by atoms with Crippen LogP contribution in [0.5, 0.6) is 0 Å². The van der Waals surface area contributed by atoms with E-state index in [1.54, 1.807) is 55.0 Å². The van der Waals surface area contributed by atoms with Crippen LogP contribution >= 0.6 is 0 Å². The summed E-state index contributed by atoms with van der Waals surface area (Å²) in [5.74, 6) is -0.980. The molecular weight excluding hydrogens is 500 g/mol. The van der Waals surface area contributed by atoms with E-state index >= 15 is 0 Å². The number of halogens is 4. The van der Waals surface area contributed by atoms with E-state index in [1.807, 2.05) is 0 Å². The van der Waals surface area contributed by atoms with Gasteiger partial charge in [0.2, 0.25) is 0 Å². The Morgan fingerprint density at radius 2 is 1.79 bits per heavy atom. The average Bonchev–Trinajstić information content (AvgIpc) is 3.30. The molecule has 0 atom stereocenters. The molecule has 0 fully saturated rings. The van der Waals surface area contributed by atoms with Crippen molar-refractivity contribution in [3.05, 3.63) is 95.6 Å². The minimum Gasteiger partial charge on any atom is -0.385 e. The Labute approximate surface area is 214 Å². The van der Waals surface area contributed by atoms with Crippen LogP contribution in [0.3, 0.4) is 0 Å². The lowest BCUT2D eigenvalue weighted by Gasteiger charge is -2.10. The van der Waals surface area contributed by atoms with Crippen LogP contribution in [0.15, 0.2) is 73.1 Å². The van der Waals surface area contributed by atoms with Crippen molar-refractivity contribution in [1.29, 1.82) is 0 Å². The van der Waals surface area contributed by atoms with E-state index in [0.29, 0.717) is 39.4 Å². The number of hydrogen-bond donors (Lipinski definition) is 2. The number of nitrogens with one attached hydrogen (secondary N) is 2. The standard InChI is InChI=1S/C27H20F4N6O/c1-15-12-16(6-7-20(15)28)23-24(37-25(36-23)21(32-2)9-11-34-37)17-8-10-33-22(14-17)35-26(38)18-4-3-5-19(13-18)27(29,30)31/h3-14,32H,1-2H3,(H,33,35,38). The molecule has 0 aliphatic heterocycles. The van der Waals surface area contributed by atoms with Gasteiger partial charge in [0.1, 0.15) is 17.3 Å². The van der Waals surface area contributed by atoms with E-state index in [1.165, 1.54) is 24.4 Å². The zero-order chi connectivity index (χ0) is 27.0. The monoisotopic (exact) mass is 520 g/mol. The number of benzene rings is 2. The Morgan fingerprint density at radius 1 is 0.974 bits per heavy atom. The highest BCUT2D eigenvalue weighted by Gasteiger charge is 2.31. The van der Waals surface area contributed by atoms with Crippen LogP contribution < -0.4 is 10.6 Å².